The minimum atomic E-state index is -0.719. The lowest BCUT2D eigenvalue weighted by Gasteiger charge is -1.97. The van der Waals surface area contributed by atoms with Crippen molar-refractivity contribution in [1.29, 1.82) is 0 Å². The van der Waals surface area contributed by atoms with Crippen LogP contribution in [0.3, 0.4) is 0 Å². The molecule has 4 nitrogen and oxygen atoms in total. The number of pyridine rings is 1. The highest BCUT2D eigenvalue weighted by atomic mass is 79.9. The highest BCUT2D eigenvalue weighted by Gasteiger charge is 2.20. The monoisotopic (exact) mass is 284 g/mol. The Morgan fingerprint density at radius 3 is 2.81 bits per heavy atom. The molecule has 0 aliphatic rings. The Balaban J connectivity index is 2.78. The molecule has 2 aromatic rings. The Morgan fingerprint density at radius 1 is 1.50 bits per heavy atom. The summed E-state index contributed by atoms with van der Waals surface area (Å²) in [4.78, 5) is 28.9. The summed E-state index contributed by atoms with van der Waals surface area (Å²) in [5.41, 5.74) is 0.396. The van der Waals surface area contributed by atoms with Gasteiger partial charge in [0.15, 0.2) is 11.6 Å². The molecular formula is C10H6BrFN2O2. The number of ketones is 2. The van der Waals surface area contributed by atoms with Gasteiger partial charge in [-0.2, -0.15) is 0 Å². The minimum Gasteiger partial charge on any atom is -0.358 e. The lowest BCUT2D eigenvalue weighted by atomic mass is 10.1. The first-order valence-corrected chi connectivity index (χ1v) is 5.18. The number of nitrogens with one attached hydrogen (secondary N) is 1. The summed E-state index contributed by atoms with van der Waals surface area (Å²) in [5.74, 6) is -1.99. The maximum Gasteiger partial charge on any atom is 0.230 e. The molecule has 0 bridgehead atoms. The smallest absolute Gasteiger partial charge is 0.230 e. The number of halogens is 2. The van der Waals surface area contributed by atoms with E-state index >= 15 is 0 Å². The molecule has 2 heterocycles. The van der Waals surface area contributed by atoms with E-state index in [1.165, 1.54) is 6.20 Å². The van der Waals surface area contributed by atoms with Crippen LogP contribution in [0.25, 0.3) is 10.9 Å². The van der Waals surface area contributed by atoms with Crippen LogP contribution in [0.4, 0.5) is 4.39 Å². The van der Waals surface area contributed by atoms with Crippen molar-refractivity contribution in [3.8, 4) is 0 Å². The molecule has 0 atom stereocenters. The minimum absolute atomic E-state index is 0.0306. The average molecular weight is 285 g/mol. The molecule has 0 saturated carbocycles. The molecule has 0 amide bonds. The summed E-state index contributed by atoms with van der Waals surface area (Å²) in [6.07, 6.45) is 2.31. The third-order valence-electron chi connectivity index (χ3n) is 2.18. The van der Waals surface area contributed by atoms with Gasteiger partial charge in [-0.15, -0.1) is 0 Å². The number of hydrogen-bond acceptors (Lipinski definition) is 3. The number of carbonyl (C=O) groups excluding carboxylic acids is 2. The van der Waals surface area contributed by atoms with Gasteiger partial charge in [-0.3, -0.25) is 9.59 Å². The van der Waals surface area contributed by atoms with Crippen LogP contribution in [-0.4, -0.2) is 21.5 Å². The summed E-state index contributed by atoms with van der Waals surface area (Å²) < 4.78 is 13.9. The standard InChI is InChI=1S/C10H6BrFN2O2/c1-4(15)9(16)5-2-13-8-7(5)6(12)3-14-10(8)11/h2-3,13H,1H3. The van der Waals surface area contributed by atoms with Crippen molar-refractivity contribution < 1.29 is 14.0 Å². The van der Waals surface area contributed by atoms with Gasteiger partial charge < -0.3 is 4.98 Å². The van der Waals surface area contributed by atoms with Crippen LogP contribution >= 0.6 is 15.9 Å². The second-order valence-electron chi connectivity index (χ2n) is 3.23. The van der Waals surface area contributed by atoms with Gasteiger partial charge in [0, 0.05) is 13.1 Å². The van der Waals surface area contributed by atoms with Crippen LogP contribution in [0, 0.1) is 5.82 Å². The van der Waals surface area contributed by atoms with E-state index < -0.39 is 17.4 Å². The van der Waals surface area contributed by atoms with Gasteiger partial charge >= 0.3 is 0 Å². The van der Waals surface area contributed by atoms with E-state index in [4.69, 9.17) is 0 Å². The van der Waals surface area contributed by atoms with Gasteiger partial charge in [0.2, 0.25) is 5.78 Å². The highest BCUT2D eigenvalue weighted by molar-refractivity contribution is 9.10. The Bertz CT molecular complexity index is 606. The average Bonchev–Trinajstić information content (AvgIpc) is 2.67. The molecule has 16 heavy (non-hydrogen) atoms. The predicted molar refractivity (Wildman–Crippen MR) is 58.8 cm³/mol. The van der Waals surface area contributed by atoms with Crippen molar-refractivity contribution in [2.75, 3.05) is 0 Å². The van der Waals surface area contributed by atoms with Gasteiger partial charge in [-0.1, -0.05) is 0 Å². The summed E-state index contributed by atoms with van der Waals surface area (Å²) in [5, 5.41) is 0.0853. The largest absolute Gasteiger partial charge is 0.358 e. The van der Waals surface area contributed by atoms with Crippen LogP contribution in [-0.2, 0) is 4.79 Å². The third-order valence-corrected chi connectivity index (χ3v) is 2.78. The van der Waals surface area contributed by atoms with Crippen LogP contribution in [0.2, 0.25) is 0 Å². The topological polar surface area (TPSA) is 62.8 Å². The molecule has 0 aromatic carbocycles. The molecule has 82 valence electrons. The normalized spacial score (nSPS) is 10.7. The van der Waals surface area contributed by atoms with Gasteiger partial charge in [0.05, 0.1) is 22.7 Å². The van der Waals surface area contributed by atoms with Crippen LogP contribution in [0.5, 0.6) is 0 Å². The van der Waals surface area contributed by atoms with Gasteiger partial charge in [0.1, 0.15) is 4.60 Å². The lowest BCUT2D eigenvalue weighted by molar-refractivity contribution is -0.113. The molecule has 0 saturated heterocycles. The molecule has 0 radical (unpaired) electrons. The number of aromatic amines is 1. The van der Waals surface area contributed by atoms with E-state index in [9.17, 15) is 14.0 Å². The molecule has 2 rings (SSSR count). The fraction of sp³-hybridized carbons (Fsp3) is 0.100. The number of hydrogen-bond donors (Lipinski definition) is 1. The molecule has 1 N–H and O–H groups in total. The molecule has 0 aliphatic heterocycles. The zero-order valence-corrected chi connectivity index (χ0v) is 9.76. The van der Waals surface area contributed by atoms with Crippen LogP contribution < -0.4 is 0 Å². The first-order chi connectivity index (χ1) is 7.52. The second-order valence-corrected chi connectivity index (χ2v) is 3.99. The quantitative estimate of drug-likeness (QED) is 0.523. The fourth-order valence-electron chi connectivity index (χ4n) is 1.45. The number of fused-ring (bicyclic) bond motifs is 1. The predicted octanol–water partition coefficient (Wildman–Crippen LogP) is 2.24. The molecule has 0 unspecified atom stereocenters. The van der Waals surface area contributed by atoms with Crippen molar-refractivity contribution in [1.82, 2.24) is 9.97 Å². The van der Waals surface area contributed by atoms with Crippen molar-refractivity contribution in [2.45, 2.75) is 6.92 Å². The lowest BCUT2D eigenvalue weighted by Crippen LogP contribution is -2.09. The SMILES string of the molecule is CC(=O)C(=O)c1c[nH]c2c(Br)ncc(F)c12. The van der Waals surface area contributed by atoms with Crippen molar-refractivity contribution >= 4 is 38.4 Å². The summed E-state index contributed by atoms with van der Waals surface area (Å²) in [6.45, 7) is 1.15. The van der Waals surface area contributed by atoms with E-state index in [1.54, 1.807) is 0 Å². The number of Topliss-reactive ketones (excluding diaryl/α,β-unsaturated/α-hetero) is 2. The van der Waals surface area contributed by atoms with Gasteiger partial charge in [0.25, 0.3) is 0 Å². The molecule has 0 fully saturated rings. The summed E-state index contributed by atoms with van der Waals surface area (Å²) >= 11 is 3.13. The van der Waals surface area contributed by atoms with Gasteiger partial charge in [-0.05, 0) is 15.9 Å². The zero-order chi connectivity index (χ0) is 11.9. The molecule has 0 aliphatic carbocycles. The van der Waals surface area contributed by atoms with E-state index in [2.05, 4.69) is 25.9 Å². The molecule has 0 spiro atoms. The number of H-pyrrole nitrogens is 1. The molecule has 6 heteroatoms. The zero-order valence-electron chi connectivity index (χ0n) is 8.17. The summed E-state index contributed by atoms with van der Waals surface area (Å²) in [7, 11) is 0. The maximum absolute atomic E-state index is 13.5. The van der Waals surface area contributed by atoms with Crippen molar-refractivity contribution in [2.24, 2.45) is 0 Å². The van der Waals surface area contributed by atoms with Crippen molar-refractivity contribution in [3.63, 3.8) is 0 Å². The van der Waals surface area contributed by atoms with E-state index in [1.807, 2.05) is 0 Å². The Hall–Kier alpha value is -1.56. The number of rotatable bonds is 2. The first kappa shape index (κ1) is 10.9. The molecule has 2 aromatic heterocycles. The molecular weight excluding hydrogens is 279 g/mol. The first-order valence-electron chi connectivity index (χ1n) is 4.38. The van der Waals surface area contributed by atoms with E-state index in [-0.39, 0.29) is 10.9 Å². The Morgan fingerprint density at radius 2 is 2.19 bits per heavy atom. The third kappa shape index (κ3) is 1.55. The summed E-state index contributed by atoms with van der Waals surface area (Å²) in [6, 6.07) is 0. The fourth-order valence-corrected chi connectivity index (χ4v) is 1.86. The highest BCUT2D eigenvalue weighted by Crippen LogP contribution is 2.26. The maximum atomic E-state index is 13.5. The second kappa shape index (κ2) is 3.79. The number of nitrogens with zero attached hydrogens (tertiary/aromatic N) is 1. The van der Waals surface area contributed by atoms with E-state index in [0.29, 0.717) is 10.1 Å². The van der Waals surface area contributed by atoms with Crippen LogP contribution in [0.1, 0.15) is 17.3 Å². The van der Waals surface area contributed by atoms with Crippen molar-refractivity contribution in [3.05, 3.63) is 28.4 Å². The Labute approximate surface area is 98.0 Å². The number of aromatic nitrogens is 2. The van der Waals surface area contributed by atoms with E-state index in [0.717, 1.165) is 13.1 Å². The van der Waals surface area contributed by atoms with Gasteiger partial charge in [-0.25, -0.2) is 9.37 Å². The van der Waals surface area contributed by atoms with Crippen LogP contribution in [0.15, 0.2) is 17.0 Å². The Kier molecular flexibility index (Phi) is 2.59. The number of carbonyl (C=O) groups is 2.